The molecular weight excluding hydrogens is 264 g/mol. The van der Waals surface area contributed by atoms with Gasteiger partial charge in [-0.2, -0.15) is 0 Å². The molecule has 1 N–H and O–H groups in total. The third-order valence-corrected chi connectivity index (χ3v) is 3.20. The summed E-state index contributed by atoms with van der Waals surface area (Å²) in [4.78, 5) is 22.9. The van der Waals surface area contributed by atoms with Crippen molar-refractivity contribution >= 4 is 11.8 Å². The molecule has 2 aromatic carbocycles. The molecule has 1 aliphatic heterocycles. The average molecular weight is 273 g/mol. The number of carbonyl (C=O) groups excluding carboxylic acids is 2. The van der Waals surface area contributed by atoms with Gasteiger partial charge in [-0.15, -0.1) is 0 Å². The van der Waals surface area contributed by atoms with E-state index in [0.29, 0.717) is 16.7 Å². The molecule has 5 heteroatoms. The highest BCUT2D eigenvalue weighted by Gasteiger charge is 2.22. The van der Waals surface area contributed by atoms with E-state index >= 15 is 0 Å². The fraction of sp³-hybridized carbons (Fsp3) is 0.0667. The fourth-order valence-electron chi connectivity index (χ4n) is 2.26. The van der Waals surface area contributed by atoms with Crippen LogP contribution in [0.5, 0.6) is 0 Å². The molecule has 3 rings (SSSR count). The van der Waals surface area contributed by atoms with Crippen LogP contribution >= 0.6 is 0 Å². The molecule has 2 aromatic rings. The summed E-state index contributed by atoms with van der Waals surface area (Å²) in [7, 11) is 0. The summed E-state index contributed by atoms with van der Waals surface area (Å²) < 4.78 is 26.6. The highest BCUT2D eigenvalue weighted by atomic mass is 19.1. The predicted octanol–water partition coefficient (Wildman–Crippen LogP) is 2.44. The summed E-state index contributed by atoms with van der Waals surface area (Å²) in [6, 6.07) is 7.99. The number of halogens is 2. The minimum absolute atomic E-state index is 0.0672. The van der Waals surface area contributed by atoms with Gasteiger partial charge in [-0.1, -0.05) is 6.07 Å². The molecule has 100 valence electrons. The Morgan fingerprint density at radius 3 is 2.45 bits per heavy atom. The minimum Gasteiger partial charge on any atom is -0.292 e. The number of amides is 2. The van der Waals surface area contributed by atoms with Gasteiger partial charge in [0.1, 0.15) is 11.6 Å². The second kappa shape index (κ2) is 4.52. The summed E-state index contributed by atoms with van der Waals surface area (Å²) in [5.41, 5.74) is 1.67. The maximum Gasteiger partial charge on any atom is 0.258 e. The van der Waals surface area contributed by atoms with Gasteiger partial charge in [0.2, 0.25) is 5.91 Å². The molecule has 3 nitrogen and oxygen atoms in total. The van der Waals surface area contributed by atoms with Crippen LogP contribution in [0.15, 0.2) is 36.4 Å². The Kier molecular flexibility index (Phi) is 2.82. The summed E-state index contributed by atoms with van der Waals surface area (Å²) in [5, 5.41) is 2.21. The van der Waals surface area contributed by atoms with Gasteiger partial charge in [0, 0.05) is 17.2 Å². The Labute approximate surface area is 113 Å². The van der Waals surface area contributed by atoms with Gasteiger partial charge in [-0.3, -0.25) is 14.9 Å². The van der Waals surface area contributed by atoms with E-state index in [4.69, 9.17) is 0 Å². The van der Waals surface area contributed by atoms with Crippen molar-refractivity contribution in [2.24, 2.45) is 0 Å². The number of hydrogen-bond donors (Lipinski definition) is 1. The summed E-state index contributed by atoms with van der Waals surface area (Å²) in [6.07, 6.45) is 0.0672. The largest absolute Gasteiger partial charge is 0.292 e. The second-order valence-corrected chi connectivity index (χ2v) is 4.55. The van der Waals surface area contributed by atoms with Crippen LogP contribution in [0.3, 0.4) is 0 Å². The Bertz CT molecular complexity index is 741. The van der Waals surface area contributed by atoms with Crippen molar-refractivity contribution in [3.05, 3.63) is 59.2 Å². The predicted molar refractivity (Wildman–Crippen MR) is 68.0 cm³/mol. The monoisotopic (exact) mass is 273 g/mol. The topological polar surface area (TPSA) is 46.2 Å². The van der Waals surface area contributed by atoms with Gasteiger partial charge in [-0.05, 0) is 35.4 Å². The number of hydrogen-bond acceptors (Lipinski definition) is 2. The van der Waals surface area contributed by atoms with Crippen molar-refractivity contribution in [3.63, 3.8) is 0 Å². The van der Waals surface area contributed by atoms with Crippen molar-refractivity contribution in [2.45, 2.75) is 6.42 Å². The zero-order valence-electron chi connectivity index (χ0n) is 10.2. The molecule has 20 heavy (non-hydrogen) atoms. The SMILES string of the molecule is O=C1Cc2cc(-c3ccc(F)cc3F)ccc2C(=O)N1. The van der Waals surface area contributed by atoms with E-state index in [0.717, 1.165) is 12.1 Å². The van der Waals surface area contributed by atoms with E-state index in [1.165, 1.54) is 12.1 Å². The highest BCUT2D eigenvalue weighted by molar-refractivity contribution is 6.10. The Morgan fingerprint density at radius 1 is 0.950 bits per heavy atom. The first-order valence-electron chi connectivity index (χ1n) is 5.97. The number of nitrogens with one attached hydrogen (secondary N) is 1. The maximum atomic E-state index is 13.7. The first kappa shape index (κ1) is 12.5. The number of carbonyl (C=O) groups is 2. The molecule has 2 amide bonds. The zero-order chi connectivity index (χ0) is 14.3. The molecule has 0 fully saturated rings. The minimum atomic E-state index is -0.684. The molecule has 1 heterocycles. The van der Waals surface area contributed by atoms with Crippen LogP contribution in [0.2, 0.25) is 0 Å². The van der Waals surface area contributed by atoms with Crippen LogP contribution in [0.1, 0.15) is 15.9 Å². The molecule has 0 aliphatic carbocycles. The number of imide groups is 1. The van der Waals surface area contributed by atoms with E-state index in [-0.39, 0.29) is 17.9 Å². The van der Waals surface area contributed by atoms with Crippen LogP contribution in [0.4, 0.5) is 8.78 Å². The number of rotatable bonds is 1. The smallest absolute Gasteiger partial charge is 0.258 e. The van der Waals surface area contributed by atoms with Gasteiger partial charge >= 0.3 is 0 Å². The molecule has 0 radical (unpaired) electrons. The first-order chi connectivity index (χ1) is 9.54. The number of fused-ring (bicyclic) bond motifs is 1. The van der Waals surface area contributed by atoms with Crippen LogP contribution in [-0.2, 0) is 11.2 Å². The van der Waals surface area contributed by atoms with E-state index in [9.17, 15) is 18.4 Å². The highest BCUT2D eigenvalue weighted by Crippen LogP contribution is 2.27. The quantitative estimate of drug-likeness (QED) is 0.811. The fourth-order valence-corrected chi connectivity index (χ4v) is 2.26. The van der Waals surface area contributed by atoms with Crippen LogP contribution in [0, 0.1) is 11.6 Å². The van der Waals surface area contributed by atoms with Gasteiger partial charge in [0.15, 0.2) is 0 Å². The van der Waals surface area contributed by atoms with Crippen LogP contribution in [0.25, 0.3) is 11.1 Å². The standard InChI is InChI=1S/C15H9F2NO2/c16-10-2-4-11(13(17)7-10)8-1-3-12-9(5-8)6-14(19)18-15(12)20/h1-5,7H,6H2,(H,18,19,20). The van der Waals surface area contributed by atoms with E-state index in [1.54, 1.807) is 12.1 Å². The van der Waals surface area contributed by atoms with Crippen LogP contribution in [-0.4, -0.2) is 11.8 Å². The molecule has 0 saturated carbocycles. The molecular formula is C15H9F2NO2. The first-order valence-corrected chi connectivity index (χ1v) is 5.97. The van der Waals surface area contributed by atoms with Crippen LogP contribution < -0.4 is 5.32 Å². The number of benzene rings is 2. The summed E-state index contributed by atoms with van der Waals surface area (Å²) in [5.74, 6) is -2.18. The van der Waals surface area contributed by atoms with Gasteiger partial charge in [0.05, 0.1) is 6.42 Å². The van der Waals surface area contributed by atoms with Gasteiger partial charge in [-0.25, -0.2) is 8.78 Å². The zero-order valence-corrected chi connectivity index (χ0v) is 10.2. The Balaban J connectivity index is 2.10. The van der Waals surface area contributed by atoms with Gasteiger partial charge < -0.3 is 0 Å². The van der Waals surface area contributed by atoms with Crippen molar-refractivity contribution in [2.75, 3.05) is 0 Å². The van der Waals surface area contributed by atoms with Gasteiger partial charge in [0.25, 0.3) is 5.91 Å². The maximum absolute atomic E-state index is 13.7. The van der Waals surface area contributed by atoms with E-state index in [1.807, 2.05) is 0 Å². The second-order valence-electron chi connectivity index (χ2n) is 4.55. The lowest BCUT2D eigenvalue weighted by atomic mass is 9.94. The third-order valence-electron chi connectivity index (χ3n) is 3.20. The molecule has 0 unspecified atom stereocenters. The summed E-state index contributed by atoms with van der Waals surface area (Å²) >= 11 is 0. The van der Waals surface area contributed by atoms with Crippen molar-refractivity contribution < 1.29 is 18.4 Å². The Morgan fingerprint density at radius 2 is 1.70 bits per heavy atom. The molecule has 1 aliphatic rings. The molecule has 0 spiro atoms. The lowest BCUT2D eigenvalue weighted by Crippen LogP contribution is -2.37. The van der Waals surface area contributed by atoms with Crippen molar-refractivity contribution in [1.82, 2.24) is 5.32 Å². The van der Waals surface area contributed by atoms with E-state index < -0.39 is 17.5 Å². The molecule has 0 aromatic heterocycles. The molecule has 0 saturated heterocycles. The van der Waals surface area contributed by atoms with Crippen molar-refractivity contribution in [1.29, 1.82) is 0 Å². The van der Waals surface area contributed by atoms with E-state index in [2.05, 4.69) is 5.32 Å². The summed E-state index contributed by atoms with van der Waals surface area (Å²) in [6.45, 7) is 0. The molecule has 0 atom stereocenters. The van der Waals surface area contributed by atoms with Crippen molar-refractivity contribution in [3.8, 4) is 11.1 Å². The lowest BCUT2D eigenvalue weighted by molar-refractivity contribution is -0.119. The normalized spacial score (nSPS) is 13.9. The average Bonchev–Trinajstić information content (AvgIpc) is 2.37. The third kappa shape index (κ3) is 2.07. The lowest BCUT2D eigenvalue weighted by Gasteiger charge is -2.16. The Hall–Kier alpha value is -2.56. The molecule has 0 bridgehead atoms.